The summed E-state index contributed by atoms with van der Waals surface area (Å²) < 4.78 is 0. The third-order valence-electron chi connectivity index (χ3n) is 3.21. The highest BCUT2D eigenvalue weighted by molar-refractivity contribution is 5.39. The fraction of sp³-hybridized carbons (Fsp3) is 0.467. The summed E-state index contributed by atoms with van der Waals surface area (Å²) in [6.07, 6.45) is 3.37. The molecule has 0 heterocycles. The van der Waals surface area contributed by atoms with Gasteiger partial charge < -0.3 is 0 Å². The minimum absolute atomic E-state index is 1.10. The van der Waals surface area contributed by atoms with Crippen molar-refractivity contribution in [2.75, 3.05) is 0 Å². The summed E-state index contributed by atoms with van der Waals surface area (Å²) in [5.74, 6) is 0. The Balaban J connectivity index is 2.91. The zero-order valence-corrected chi connectivity index (χ0v) is 10.5. The van der Waals surface area contributed by atoms with Gasteiger partial charge in [0.1, 0.15) is 0 Å². The van der Waals surface area contributed by atoms with Gasteiger partial charge >= 0.3 is 0 Å². The van der Waals surface area contributed by atoms with Gasteiger partial charge in [0.05, 0.1) is 0 Å². The molecule has 0 N–H and O–H groups in total. The fourth-order valence-electron chi connectivity index (χ4n) is 1.93. The molecule has 1 aromatic rings. The molecule has 0 spiro atoms. The molecule has 0 amide bonds. The molecule has 0 heteroatoms. The Hall–Kier alpha value is -1.04. The summed E-state index contributed by atoms with van der Waals surface area (Å²) in [6.45, 7) is 12.7. The lowest BCUT2D eigenvalue weighted by molar-refractivity contribution is 0.927. The van der Waals surface area contributed by atoms with Gasteiger partial charge in [-0.05, 0) is 62.3 Å². The molecule has 0 unspecified atom stereocenters. The first kappa shape index (κ1) is 12.0. The molecule has 0 saturated heterocycles. The highest BCUT2D eigenvalue weighted by Gasteiger charge is 2.04. The van der Waals surface area contributed by atoms with Crippen LogP contribution in [0.4, 0.5) is 0 Å². The Morgan fingerprint density at radius 2 is 1.67 bits per heavy atom. The maximum absolute atomic E-state index is 3.96. The van der Waals surface area contributed by atoms with Crippen LogP contribution in [0, 0.1) is 13.8 Å². The van der Waals surface area contributed by atoms with E-state index in [-0.39, 0.29) is 0 Å². The van der Waals surface area contributed by atoms with E-state index in [1.54, 1.807) is 0 Å². The van der Waals surface area contributed by atoms with Gasteiger partial charge in [-0.15, -0.1) is 6.58 Å². The van der Waals surface area contributed by atoms with Crippen molar-refractivity contribution in [3.63, 3.8) is 0 Å². The SMILES string of the molecule is C=C(C)CCc1ccc(CC)c(C)c1C. The number of allylic oxidation sites excluding steroid dienone is 1. The molecule has 15 heavy (non-hydrogen) atoms. The summed E-state index contributed by atoms with van der Waals surface area (Å²) in [5.41, 5.74) is 7.17. The second-order valence-corrected chi connectivity index (χ2v) is 4.44. The molecule has 0 aromatic heterocycles. The predicted octanol–water partition coefficient (Wildman–Crippen LogP) is 4.37. The quantitative estimate of drug-likeness (QED) is 0.636. The molecule has 0 bridgehead atoms. The molecule has 0 nitrogen and oxygen atoms in total. The van der Waals surface area contributed by atoms with Crippen LogP contribution in [0.25, 0.3) is 0 Å². The highest BCUT2D eigenvalue weighted by atomic mass is 14.1. The van der Waals surface area contributed by atoms with Crippen LogP contribution in [-0.4, -0.2) is 0 Å². The van der Waals surface area contributed by atoms with Crippen molar-refractivity contribution in [3.05, 3.63) is 46.5 Å². The van der Waals surface area contributed by atoms with E-state index in [4.69, 9.17) is 0 Å². The van der Waals surface area contributed by atoms with E-state index in [1.165, 1.54) is 27.8 Å². The van der Waals surface area contributed by atoms with Gasteiger partial charge in [0.2, 0.25) is 0 Å². The smallest absolute Gasteiger partial charge is 0.0239 e. The van der Waals surface area contributed by atoms with E-state index in [1.807, 2.05) is 0 Å². The van der Waals surface area contributed by atoms with Gasteiger partial charge in [-0.25, -0.2) is 0 Å². The predicted molar refractivity (Wildman–Crippen MR) is 68.4 cm³/mol. The zero-order chi connectivity index (χ0) is 11.4. The number of benzene rings is 1. The monoisotopic (exact) mass is 202 g/mol. The second kappa shape index (κ2) is 5.16. The molecule has 0 aliphatic heterocycles. The molecule has 0 aliphatic carbocycles. The molecule has 0 radical (unpaired) electrons. The Morgan fingerprint density at radius 1 is 1.13 bits per heavy atom. The average Bonchev–Trinajstić information content (AvgIpc) is 2.20. The van der Waals surface area contributed by atoms with Crippen molar-refractivity contribution < 1.29 is 0 Å². The molecule has 0 saturated carbocycles. The van der Waals surface area contributed by atoms with Crippen LogP contribution < -0.4 is 0 Å². The van der Waals surface area contributed by atoms with Gasteiger partial charge in [0.25, 0.3) is 0 Å². The normalized spacial score (nSPS) is 10.4. The topological polar surface area (TPSA) is 0 Å². The van der Waals surface area contributed by atoms with Crippen LogP contribution in [0.5, 0.6) is 0 Å². The highest BCUT2D eigenvalue weighted by Crippen LogP contribution is 2.20. The van der Waals surface area contributed by atoms with Crippen LogP contribution >= 0.6 is 0 Å². The first-order chi connectivity index (χ1) is 7.06. The van der Waals surface area contributed by atoms with E-state index in [2.05, 4.69) is 46.4 Å². The third kappa shape index (κ3) is 2.95. The first-order valence-corrected chi connectivity index (χ1v) is 5.78. The maximum atomic E-state index is 3.96. The van der Waals surface area contributed by atoms with Gasteiger partial charge in [-0.1, -0.05) is 24.6 Å². The summed E-state index contributed by atoms with van der Waals surface area (Å²) in [4.78, 5) is 0. The van der Waals surface area contributed by atoms with E-state index in [0.717, 1.165) is 19.3 Å². The summed E-state index contributed by atoms with van der Waals surface area (Å²) in [7, 11) is 0. The molecular formula is C15H22. The Bertz CT molecular complexity index is 359. The molecule has 1 rings (SSSR count). The van der Waals surface area contributed by atoms with Gasteiger partial charge in [0.15, 0.2) is 0 Å². The molecule has 0 atom stereocenters. The van der Waals surface area contributed by atoms with E-state index in [0.29, 0.717) is 0 Å². The molecule has 0 aliphatic rings. The molecule has 0 fully saturated rings. The maximum Gasteiger partial charge on any atom is -0.0239 e. The van der Waals surface area contributed by atoms with Crippen molar-refractivity contribution in [3.8, 4) is 0 Å². The van der Waals surface area contributed by atoms with Crippen molar-refractivity contribution in [2.24, 2.45) is 0 Å². The fourth-order valence-corrected chi connectivity index (χ4v) is 1.93. The van der Waals surface area contributed by atoms with Crippen molar-refractivity contribution in [2.45, 2.75) is 47.0 Å². The third-order valence-corrected chi connectivity index (χ3v) is 3.21. The largest absolute Gasteiger partial charge is 0.100 e. The Kier molecular flexibility index (Phi) is 4.14. The zero-order valence-electron chi connectivity index (χ0n) is 10.5. The van der Waals surface area contributed by atoms with Crippen molar-refractivity contribution >= 4 is 0 Å². The Labute approximate surface area is 94.0 Å². The van der Waals surface area contributed by atoms with Crippen LogP contribution in [0.3, 0.4) is 0 Å². The lowest BCUT2D eigenvalue weighted by atomic mass is 9.93. The summed E-state index contributed by atoms with van der Waals surface area (Å²) >= 11 is 0. The molecular weight excluding hydrogens is 180 g/mol. The van der Waals surface area contributed by atoms with Gasteiger partial charge in [-0.3, -0.25) is 0 Å². The molecule has 82 valence electrons. The second-order valence-electron chi connectivity index (χ2n) is 4.44. The van der Waals surface area contributed by atoms with E-state index in [9.17, 15) is 0 Å². The summed E-state index contributed by atoms with van der Waals surface area (Å²) in [6, 6.07) is 4.56. The van der Waals surface area contributed by atoms with Gasteiger partial charge in [0, 0.05) is 0 Å². The first-order valence-electron chi connectivity index (χ1n) is 5.78. The van der Waals surface area contributed by atoms with Crippen LogP contribution in [0.15, 0.2) is 24.3 Å². The summed E-state index contributed by atoms with van der Waals surface area (Å²) in [5, 5.41) is 0. The van der Waals surface area contributed by atoms with Crippen molar-refractivity contribution in [1.82, 2.24) is 0 Å². The van der Waals surface area contributed by atoms with E-state index >= 15 is 0 Å². The number of rotatable bonds is 4. The van der Waals surface area contributed by atoms with E-state index < -0.39 is 0 Å². The van der Waals surface area contributed by atoms with Crippen LogP contribution in [-0.2, 0) is 12.8 Å². The van der Waals surface area contributed by atoms with Crippen LogP contribution in [0.2, 0.25) is 0 Å². The lowest BCUT2D eigenvalue weighted by Crippen LogP contribution is -1.97. The minimum Gasteiger partial charge on any atom is -0.100 e. The number of hydrogen-bond donors (Lipinski definition) is 0. The number of hydrogen-bond acceptors (Lipinski definition) is 0. The number of aryl methyl sites for hydroxylation is 2. The average molecular weight is 202 g/mol. The standard InChI is InChI=1S/C15H22/c1-6-14-9-10-15(8-7-11(2)3)13(5)12(14)4/h9-10H,2,6-8H2,1,3-5H3. The van der Waals surface area contributed by atoms with Crippen LogP contribution in [0.1, 0.15) is 42.5 Å². The molecule has 1 aromatic carbocycles. The lowest BCUT2D eigenvalue weighted by Gasteiger charge is -2.12. The van der Waals surface area contributed by atoms with Crippen molar-refractivity contribution in [1.29, 1.82) is 0 Å². The Morgan fingerprint density at radius 3 is 2.20 bits per heavy atom. The minimum atomic E-state index is 1.10. The van der Waals surface area contributed by atoms with Gasteiger partial charge in [-0.2, -0.15) is 0 Å².